The standard InChI is InChI=1S/C18H22N2O3/c1-18(2,3)23-17(22)19-15-11-7-8-12-20(16(15)21)13-14-9-5-4-6-10-14/h4-7,9-10,12,15H,11,13H2,1-3H3,(H,19,22)/t15-/m1/s1. The number of ether oxygens (including phenoxy) is 1. The monoisotopic (exact) mass is 314 g/mol. The van der Waals surface area contributed by atoms with Crippen molar-refractivity contribution >= 4 is 12.0 Å². The summed E-state index contributed by atoms with van der Waals surface area (Å²) in [7, 11) is 0. The highest BCUT2D eigenvalue weighted by Gasteiger charge is 2.27. The van der Waals surface area contributed by atoms with Crippen LogP contribution in [0, 0.1) is 0 Å². The van der Waals surface area contributed by atoms with E-state index >= 15 is 0 Å². The smallest absolute Gasteiger partial charge is 0.408 e. The summed E-state index contributed by atoms with van der Waals surface area (Å²) in [5, 5.41) is 2.64. The predicted molar refractivity (Wildman–Crippen MR) is 87.4 cm³/mol. The van der Waals surface area contributed by atoms with Gasteiger partial charge in [-0.3, -0.25) is 4.79 Å². The number of alkyl carbamates (subject to hydrolysis) is 1. The maximum absolute atomic E-state index is 12.6. The Kier molecular flexibility index (Phi) is 5.24. The van der Waals surface area contributed by atoms with Crippen LogP contribution in [-0.2, 0) is 16.1 Å². The fourth-order valence-electron chi connectivity index (χ4n) is 2.17. The van der Waals surface area contributed by atoms with E-state index in [4.69, 9.17) is 4.74 Å². The van der Waals surface area contributed by atoms with Gasteiger partial charge in [0.2, 0.25) is 5.91 Å². The quantitative estimate of drug-likeness (QED) is 0.873. The van der Waals surface area contributed by atoms with Crippen molar-refractivity contribution in [2.24, 2.45) is 0 Å². The van der Waals surface area contributed by atoms with Gasteiger partial charge in [-0.05, 0) is 32.4 Å². The molecule has 23 heavy (non-hydrogen) atoms. The van der Waals surface area contributed by atoms with Crippen LogP contribution in [0.4, 0.5) is 4.79 Å². The average Bonchev–Trinajstić information content (AvgIpc) is 2.62. The number of carbonyl (C=O) groups excluding carboxylic acids is 2. The lowest BCUT2D eigenvalue weighted by Gasteiger charge is -2.25. The van der Waals surface area contributed by atoms with Gasteiger partial charge in [-0.2, -0.15) is 0 Å². The van der Waals surface area contributed by atoms with Crippen molar-refractivity contribution in [3.05, 3.63) is 53.9 Å². The highest BCUT2D eigenvalue weighted by molar-refractivity contribution is 5.86. The molecular formula is C18H22N2O3. The van der Waals surface area contributed by atoms with E-state index in [1.165, 1.54) is 0 Å². The van der Waals surface area contributed by atoms with Crippen LogP contribution in [0.25, 0.3) is 0 Å². The molecule has 5 heteroatoms. The van der Waals surface area contributed by atoms with E-state index < -0.39 is 17.7 Å². The fraction of sp³-hybridized carbons (Fsp3) is 0.389. The molecule has 1 aliphatic heterocycles. The minimum atomic E-state index is -0.653. The normalized spacial score (nSPS) is 17.8. The molecule has 0 bridgehead atoms. The highest BCUT2D eigenvalue weighted by Crippen LogP contribution is 2.12. The second-order valence-electron chi connectivity index (χ2n) is 6.39. The summed E-state index contributed by atoms with van der Waals surface area (Å²) in [6.45, 7) is 5.78. The Balaban J connectivity index is 2.04. The van der Waals surface area contributed by atoms with E-state index in [1.807, 2.05) is 30.3 Å². The zero-order valence-electron chi connectivity index (χ0n) is 13.7. The molecule has 1 N–H and O–H groups in total. The summed E-state index contributed by atoms with van der Waals surface area (Å²) in [6, 6.07) is 9.02. The summed E-state index contributed by atoms with van der Waals surface area (Å²) in [5.41, 5.74) is 3.37. The Hall–Kier alpha value is -2.52. The van der Waals surface area contributed by atoms with Gasteiger partial charge in [-0.25, -0.2) is 4.79 Å². The van der Waals surface area contributed by atoms with E-state index in [0.717, 1.165) is 5.56 Å². The first-order valence-electron chi connectivity index (χ1n) is 7.60. The van der Waals surface area contributed by atoms with Crippen molar-refractivity contribution in [1.29, 1.82) is 0 Å². The van der Waals surface area contributed by atoms with Crippen LogP contribution in [0.5, 0.6) is 0 Å². The summed E-state index contributed by atoms with van der Waals surface area (Å²) < 4.78 is 5.22. The maximum atomic E-state index is 12.6. The summed E-state index contributed by atoms with van der Waals surface area (Å²) in [4.78, 5) is 26.1. The van der Waals surface area contributed by atoms with Gasteiger partial charge in [0.25, 0.3) is 0 Å². The number of hydrogen-bond acceptors (Lipinski definition) is 3. The van der Waals surface area contributed by atoms with E-state index in [9.17, 15) is 9.59 Å². The van der Waals surface area contributed by atoms with Crippen LogP contribution < -0.4 is 5.32 Å². The molecule has 1 heterocycles. The van der Waals surface area contributed by atoms with Gasteiger partial charge in [0.05, 0.1) is 6.54 Å². The molecule has 1 aromatic carbocycles. The topological polar surface area (TPSA) is 58.6 Å². The molecule has 0 aromatic heterocycles. The van der Waals surface area contributed by atoms with Crippen molar-refractivity contribution in [2.75, 3.05) is 0 Å². The lowest BCUT2D eigenvalue weighted by atomic mass is 10.1. The number of rotatable bonds is 3. The number of nitrogens with one attached hydrogen (secondary N) is 1. The summed E-state index contributed by atoms with van der Waals surface area (Å²) >= 11 is 0. The maximum Gasteiger partial charge on any atom is 0.408 e. The molecule has 0 radical (unpaired) electrons. The molecule has 0 unspecified atom stereocenters. The molecule has 0 fully saturated rings. The molecule has 0 saturated heterocycles. The fourth-order valence-corrected chi connectivity index (χ4v) is 2.17. The Morgan fingerprint density at radius 1 is 1.35 bits per heavy atom. The largest absolute Gasteiger partial charge is 0.444 e. The van der Waals surface area contributed by atoms with Gasteiger partial charge >= 0.3 is 6.09 Å². The minimum absolute atomic E-state index is 0.180. The highest BCUT2D eigenvalue weighted by atomic mass is 16.6. The lowest BCUT2D eigenvalue weighted by molar-refractivity contribution is -0.131. The first-order valence-corrected chi connectivity index (χ1v) is 7.60. The number of nitrogens with zero attached hydrogens (tertiary/aromatic N) is 1. The predicted octanol–water partition coefficient (Wildman–Crippen LogP) is 2.98. The first kappa shape index (κ1) is 16.8. The second-order valence-corrected chi connectivity index (χ2v) is 6.39. The van der Waals surface area contributed by atoms with Gasteiger partial charge in [-0.1, -0.05) is 30.3 Å². The third-order valence-electron chi connectivity index (χ3n) is 3.17. The second kappa shape index (κ2) is 7.16. The lowest BCUT2D eigenvalue weighted by Crippen LogP contribution is -2.47. The van der Waals surface area contributed by atoms with Crippen molar-refractivity contribution in [1.82, 2.24) is 10.2 Å². The molecular weight excluding hydrogens is 292 g/mol. The summed E-state index contributed by atoms with van der Waals surface area (Å²) in [5.74, 6) is -0.180. The summed E-state index contributed by atoms with van der Waals surface area (Å²) in [6.07, 6.45) is 3.16. The number of hydrogen-bond donors (Lipinski definition) is 1. The zero-order valence-corrected chi connectivity index (χ0v) is 13.7. The van der Waals surface area contributed by atoms with Crippen LogP contribution in [-0.4, -0.2) is 28.5 Å². The molecule has 2 amide bonds. The third kappa shape index (κ3) is 5.31. The van der Waals surface area contributed by atoms with E-state index in [0.29, 0.717) is 13.0 Å². The van der Waals surface area contributed by atoms with Gasteiger partial charge in [0.1, 0.15) is 11.6 Å². The van der Waals surface area contributed by atoms with Crippen LogP contribution in [0.1, 0.15) is 32.8 Å². The number of amides is 2. The molecule has 0 saturated carbocycles. The van der Waals surface area contributed by atoms with Crippen molar-refractivity contribution in [3.63, 3.8) is 0 Å². The zero-order chi connectivity index (χ0) is 16.9. The SMILES string of the molecule is CC(C)(C)OC(=O)N[C@@H]1CC=C=CN(Cc2ccccc2)C1=O. The first-order chi connectivity index (χ1) is 10.8. The van der Waals surface area contributed by atoms with Gasteiger partial charge in [0, 0.05) is 12.6 Å². The molecule has 1 aliphatic rings. The van der Waals surface area contributed by atoms with Crippen LogP contribution in [0.15, 0.2) is 48.3 Å². The van der Waals surface area contributed by atoms with E-state index in [2.05, 4.69) is 11.0 Å². The van der Waals surface area contributed by atoms with Crippen LogP contribution >= 0.6 is 0 Å². The van der Waals surface area contributed by atoms with Crippen LogP contribution in [0.2, 0.25) is 0 Å². The van der Waals surface area contributed by atoms with Gasteiger partial charge < -0.3 is 15.0 Å². The molecule has 0 aliphatic carbocycles. The molecule has 1 aromatic rings. The molecule has 122 valence electrons. The van der Waals surface area contributed by atoms with E-state index in [1.54, 1.807) is 37.9 Å². The molecule has 1 atom stereocenters. The van der Waals surface area contributed by atoms with Gasteiger partial charge in [0.15, 0.2) is 0 Å². The molecule has 5 nitrogen and oxygen atoms in total. The Morgan fingerprint density at radius 2 is 2.04 bits per heavy atom. The molecule has 2 rings (SSSR count). The minimum Gasteiger partial charge on any atom is -0.444 e. The van der Waals surface area contributed by atoms with E-state index in [-0.39, 0.29) is 5.91 Å². The Morgan fingerprint density at radius 3 is 2.70 bits per heavy atom. The Bertz CT molecular complexity index is 625. The van der Waals surface area contributed by atoms with Crippen molar-refractivity contribution in [2.45, 2.75) is 45.4 Å². The van der Waals surface area contributed by atoms with Gasteiger partial charge in [-0.15, -0.1) is 5.73 Å². The van der Waals surface area contributed by atoms with Crippen molar-refractivity contribution in [3.8, 4) is 0 Å². The third-order valence-corrected chi connectivity index (χ3v) is 3.17. The Labute approximate surface area is 136 Å². The molecule has 0 spiro atoms. The van der Waals surface area contributed by atoms with Crippen molar-refractivity contribution < 1.29 is 14.3 Å². The number of benzene rings is 1. The average molecular weight is 314 g/mol. The number of carbonyl (C=O) groups is 2. The van der Waals surface area contributed by atoms with Crippen LogP contribution in [0.3, 0.4) is 0 Å².